The van der Waals surface area contributed by atoms with Gasteiger partial charge in [-0.1, -0.05) is 6.92 Å². The van der Waals surface area contributed by atoms with E-state index in [2.05, 4.69) is 27.8 Å². The third kappa shape index (κ3) is 2.24. The number of aromatic nitrogens is 2. The summed E-state index contributed by atoms with van der Waals surface area (Å²) >= 11 is 0. The quantitative estimate of drug-likeness (QED) is 0.701. The summed E-state index contributed by atoms with van der Waals surface area (Å²) in [6.45, 7) is 4.99. The second kappa shape index (κ2) is 4.65. The van der Waals surface area contributed by atoms with Gasteiger partial charge in [0.1, 0.15) is 0 Å². The molecule has 3 N–H and O–H groups in total. The van der Waals surface area contributed by atoms with E-state index in [1.54, 1.807) is 12.4 Å². The Balaban J connectivity index is 1.92. The van der Waals surface area contributed by atoms with Gasteiger partial charge in [0.2, 0.25) is 5.91 Å². The summed E-state index contributed by atoms with van der Waals surface area (Å²) in [6.07, 6.45) is 4.60. The smallest absolute Gasteiger partial charge is 0.237 e. The number of hydrogen-bond donors (Lipinski definition) is 3. The molecular formula is C11H18N4O. The van der Waals surface area contributed by atoms with Crippen molar-refractivity contribution < 1.29 is 4.79 Å². The predicted octanol–water partition coefficient (Wildman–Crippen LogP) is 0.585. The molecule has 0 aromatic carbocycles. The molecule has 1 aromatic rings. The van der Waals surface area contributed by atoms with Crippen LogP contribution < -0.4 is 10.6 Å². The Morgan fingerprint density at radius 1 is 1.69 bits per heavy atom. The van der Waals surface area contributed by atoms with Gasteiger partial charge in [-0.3, -0.25) is 9.89 Å². The van der Waals surface area contributed by atoms with Gasteiger partial charge in [0.05, 0.1) is 18.3 Å². The average Bonchev–Trinajstić information content (AvgIpc) is 2.86. The van der Waals surface area contributed by atoms with E-state index >= 15 is 0 Å². The maximum Gasteiger partial charge on any atom is 0.237 e. The molecule has 1 fully saturated rings. The highest BCUT2D eigenvalue weighted by Crippen LogP contribution is 2.16. The number of carbonyl (C=O) groups excluding carboxylic acids is 1. The predicted molar refractivity (Wildman–Crippen MR) is 60.7 cm³/mol. The number of hydrogen-bond acceptors (Lipinski definition) is 3. The molecule has 5 heteroatoms. The van der Waals surface area contributed by atoms with Crippen molar-refractivity contribution in [2.45, 2.75) is 32.4 Å². The van der Waals surface area contributed by atoms with Crippen molar-refractivity contribution in [3.05, 3.63) is 18.0 Å². The fourth-order valence-corrected chi connectivity index (χ4v) is 2.07. The minimum absolute atomic E-state index is 0.000787. The molecule has 1 saturated heterocycles. The van der Waals surface area contributed by atoms with Gasteiger partial charge in [-0.25, -0.2) is 0 Å². The summed E-state index contributed by atoms with van der Waals surface area (Å²) in [7, 11) is 0. The Morgan fingerprint density at radius 2 is 2.50 bits per heavy atom. The first-order chi connectivity index (χ1) is 7.68. The van der Waals surface area contributed by atoms with E-state index in [0.717, 1.165) is 18.5 Å². The number of amides is 1. The molecule has 0 aliphatic carbocycles. The molecule has 0 radical (unpaired) electrons. The van der Waals surface area contributed by atoms with Gasteiger partial charge >= 0.3 is 0 Å². The van der Waals surface area contributed by atoms with Crippen LogP contribution in [0, 0.1) is 5.92 Å². The van der Waals surface area contributed by atoms with E-state index in [1.807, 2.05) is 6.92 Å². The van der Waals surface area contributed by atoms with Crippen LogP contribution in [0.2, 0.25) is 0 Å². The number of carbonyl (C=O) groups is 1. The Kier molecular flexibility index (Phi) is 3.24. The van der Waals surface area contributed by atoms with Gasteiger partial charge < -0.3 is 10.6 Å². The summed E-state index contributed by atoms with van der Waals surface area (Å²) in [5.41, 5.74) is 0.999. The Morgan fingerprint density at radius 3 is 3.06 bits per heavy atom. The second-order valence-corrected chi connectivity index (χ2v) is 4.46. The SMILES string of the molecule is CC(NC(=O)C1NCCC1C)c1cn[nH]c1. The number of aromatic amines is 1. The third-order valence-electron chi connectivity index (χ3n) is 3.19. The Hall–Kier alpha value is -1.36. The largest absolute Gasteiger partial charge is 0.348 e. The molecule has 0 saturated carbocycles. The topological polar surface area (TPSA) is 69.8 Å². The molecular weight excluding hydrogens is 204 g/mol. The van der Waals surface area contributed by atoms with E-state index in [1.165, 1.54) is 0 Å². The minimum atomic E-state index is -0.0469. The van der Waals surface area contributed by atoms with Crippen molar-refractivity contribution in [3.8, 4) is 0 Å². The van der Waals surface area contributed by atoms with E-state index in [0.29, 0.717) is 5.92 Å². The van der Waals surface area contributed by atoms with Gasteiger partial charge in [0.15, 0.2) is 0 Å². The number of nitrogens with zero attached hydrogens (tertiary/aromatic N) is 1. The summed E-state index contributed by atoms with van der Waals surface area (Å²) in [6, 6.07) is -0.0461. The molecule has 3 atom stereocenters. The summed E-state index contributed by atoms with van der Waals surface area (Å²) in [4.78, 5) is 12.0. The molecule has 0 bridgehead atoms. The number of H-pyrrole nitrogens is 1. The monoisotopic (exact) mass is 222 g/mol. The lowest BCUT2D eigenvalue weighted by Gasteiger charge is -2.18. The molecule has 16 heavy (non-hydrogen) atoms. The standard InChI is InChI=1S/C11H18N4O/c1-7-3-4-12-10(7)11(16)15-8(2)9-5-13-14-6-9/h5-8,10,12H,3-4H2,1-2H3,(H,13,14)(H,15,16). The van der Waals surface area contributed by atoms with E-state index < -0.39 is 0 Å². The fourth-order valence-electron chi connectivity index (χ4n) is 2.07. The van der Waals surface area contributed by atoms with E-state index in [-0.39, 0.29) is 18.0 Å². The zero-order valence-electron chi connectivity index (χ0n) is 9.66. The summed E-state index contributed by atoms with van der Waals surface area (Å²) < 4.78 is 0. The van der Waals surface area contributed by atoms with Gasteiger partial charge in [0, 0.05) is 11.8 Å². The molecule has 1 aliphatic rings. The first-order valence-corrected chi connectivity index (χ1v) is 5.71. The normalized spacial score (nSPS) is 26.6. The molecule has 2 rings (SSSR count). The highest BCUT2D eigenvalue weighted by Gasteiger charge is 2.29. The van der Waals surface area contributed by atoms with Gasteiger partial charge in [0.25, 0.3) is 0 Å². The molecule has 1 aromatic heterocycles. The van der Waals surface area contributed by atoms with Crippen molar-refractivity contribution in [3.63, 3.8) is 0 Å². The van der Waals surface area contributed by atoms with E-state index in [9.17, 15) is 4.79 Å². The van der Waals surface area contributed by atoms with E-state index in [4.69, 9.17) is 0 Å². The molecule has 1 amide bonds. The zero-order chi connectivity index (χ0) is 11.5. The van der Waals surface area contributed by atoms with Crippen LogP contribution in [0.25, 0.3) is 0 Å². The van der Waals surface area contributed by atoms with Crippen molar-refractivity contribution in [1.29, 1.82) is 0 Å². The fraction of sp³-hybridized carbons (Fsp3) is 0.636. The summed E-state index contributed by atoms with van der Waals surface area (Å²) in [5, 5.41) is 12.8. The van der Waals surface area contributed by atoms with Crippen molar-refractivity contribution in [2.75, 3.05) is 6.54 Å². The lowest BCUT2D eigenvalue weighted by atomic mass is 10.0. The highest BCUT2D eigenvalue weighted by atomic mass is 16.2. The van der Waals surface area contributed by atoms with Crippen LogP contribution in [0.4, 0.5) is 0 Å². The van der Waals surface area contributed by atoms with Crippen LogP contribution in [-0.4, -0.2) is 28.7 Å². The minimum Gasteiger partial charge on any atom is -0.348 e. The molecule has 1 aliphatic heterocycles. The van der Waals surface area contributed by atoms with Crippen LogP contribution >= 0.6 is 0 Å². The zero-order valence-corrected chi connectivity index (χ0v) is 9.66. The first kappa shape index (κ1) is 11.1. The van der Waals surface area contributed by atoms with Crippen LogP contribution in [-0.2, 0) is 4.79 Å². The first-order valence-electron chi connectivity index (χ1n) is 5.71. The molecule has 2 heterocycles. The van der Waals surface area contributed by atoms with Crippen LogP contribution in [0.5, 0.6) is 0 Å². The van der Waals surface area contributed by atoms with Crippen LogP contribution in [0.15, 0.2) is 12.4 Å². The van der Waals surface area contributed by atoms with Crippen LogP contribution in [0.3, 0.4) is 0 Å². The molecule has 3 unspecified atom stereocenters. The van der Waals surface area contributed by atoms with Crippen LogP contribution in [0.1, 0.15) is 31.9 Å². The van der Waals surface area contributed by atoms with Gasteiger partial charge in [-0.05, 0) is 25.8 Å². The maximum atomic E-state index is 12.0. The van der Waals surface area contributed by atoms with Gasteiger partial charge in [-0.2, -0.15) is 5.10 Å². The van der Waals surface area contributed by atoms with Crippen molar-refractivity contribution >= 4 is 5.91 Å². The molecule has 88 valence electrons. The number of nitrogens with one attached hydrogen (secondary N) is 3. The maximum absolute atomic E-state index is 12.0. The van der Waals surface area contributed by atoms with Crippen molar-refractivity contribution in [1.82, 2.24) is 20.8 Å². The lowest BCUT2D eigenvalue weighted by Crippen LogP contribution is -2.44. The highest BCUT2D eigenvalue weighted by molar-refractivity contribution is 5.82. The molecule has 0 spiro atoms. The summed E-state index contributed by atoms with van der Waals surface area (Å²) in [5.74, 6) is 0.496. The Bertz CT molecular complexity index is 349. The van der Waals surface area contributed by atoms with Crippen molar-refractivity contribution in [2.24, 2.45) is 5.92 Å². The average molecular weight is 222 g/mol. The molecule has 5 nitrogen and oxygen atoms in total. The third-order valence-corrected chi connectivity index (χ3v) is 3.19. The number of rotatable bonds is 3. The lowest BCUT2D eigenvalue weighted by molar-refractivity contribution is -0.124. The van der Waals surface area contributed by atoms with Gasteiger partial charge in [-0.15, -0.1) is 0 Å². The second-order valence-electron chi connectivity index (χ2n) is 4.46. The Labute approximate surface area is 95.0 Å².